The number of hydrogen-bond acceptors (Lipinski definition) is 5. The molecule has 60 heavy (non-hydrogen) atoms. The summed E-state index contributed by atoms with van der Waals surface area (Å²) in [6, 6.07) is 60.9. The zero-order valence-corrected chi connectivity index (χ0v) is 32.5. The van der Waals surface area contributed by atoms with Gasteiger partial charge >= 0.3 is 15.6 Å². The molecule has 0 atom stereocenters. The molecule has 0 fully saturated rings. The topological polar surface area (TPSA) is 69.2 Å². The minimum absolute atomic E-state index is 0.439. The van der Waals surface area contributed by atoms with Crippen molar-refractivity contribution in [3.63, 3.8) is 0 Å². The van der Waals surface area contributed by atoms with Crippen LogP contribution in [0.1, 0.15) is 0 Å². The molecular weight excluding hydrogens is 778 g/mol. The van der Waals surface area contributed by atoms with Crippen molar-refractivity contribution in [2.75, 3.05) is 0 Å². The number of pyridine rings is 2. The molecule has 0 amide bonds. The van der Waals surface area contributed by atoms with Gasteiger partial charge in [0.25, 0.3) is 0 Å². The predicted octanol–water partition coefficient (Wildman–Crippen LogP) is 13.5. The molecular formula is C51H33F3N2O3S. The molecule has 0 saturated carbocycles. The van der Waals surface area contributed by atoms with Crippen LogP contribution in [0.15, 0.2) is 200 Å². The van der Waals surface area contributed by atoms with Gasteiger partial charge in [-0.2, -0.15) is 21.6 Å². The summed E-state index contributed by atoms with van der Waals surface area (Å²) in [6.07, 6.45) is 1.80. The van der Waals surface area contributed by atoms with Gasteiger partial charge < -0.3 is 4.18 Å². The number of hydrogen-bond donors (Lipinski definition) is 0. The first-order chi connectivity index (χ1) is 29.1. The Bertz CT molecular complexity index is 3120. The van der Waals surface area contributed by atoms with Crippen LogP contribution < -0.4 is 4.18 Å². The first-order valence-corrected chi connectivity index (χ1v) is 20.4. The highest BCUT2D eigenvalue weighted by Gasteiger charge is 2.48. The molecule has 2 aromatic heterocycles. The summed E-state index contributed by atoms with van der Waals surface area (Å²) in [5, 5.41) is 1.04. The minimum Gasteiger partial charge on any atom is -0.376 e. The fourth-order valence-electron chi connectivity index (χ4n) is 7.43. The number of alkyl halides is 3. The molecule has 0 aliphatic heterocycles. The Labute approximate surface area is 345 Å². The summed E-state index contributed by atoms with van der Waals surface area (Å²) >= 11 is 0. The Kier molecular flexibility index (Phi) is 10.0. The fourth-order valence-corrected chi connectivity index (χ4v) is 7.87. The lowest BCUT2D eigenvalue weighted by Gasteiger charge is -2.18. The molecule has 7 aromatic carbocycles. The van der Waals surface area contributed by atoms with Crippen LogP contribution in [-0.4, -0.2) is 23.9 Å². The summed E-state index contributed by atoms with van der Waals surface area (Å²) < 4.78 is 71.3. The maximum Gasteiger partial charge on any atom is 0.534 e. The average Bonchev–Trinajstić information content (AvgIpc) is 3.28. The van der Waals surface area contributed by atoms with Crippen molar-refractivity contribution in [2.45, 2.75) is 5.51 Å². The molecule has 0 unspecified atom stereocenters. The van der Waals surface area contributed by atoms with Gasteiger partial charge in [0, 0.05) is 28.3 Å². The van der Waals surface area contributed by atoms with E-state index in [1.807, 2.05) is 182 Å². The van der Waals surface area contributed by atoms with Crippen LogP contribution in [-0.2, 0) is 10.1 Å². The van der Waals surface area contributed by atoms with Gasteiger partial charge in [-0.1, -0.05) is 158 Å². The Morgan fingerprint density at radius 3 is 1.57 bits per heavy atom. The van der Waals surface area contributed by atoms with Crippen LogP contribution in [0.2, 0.25) is 0 Å². The van der Waals surface area contributed by atoms with Gasteiger partial charge in [-0.05, 0) is 86.5 Å². The summed E-state index contributed by atoms with van der Waals surface area (Å²) in [7, 11) is -6.01. The lowest BCUT2D eigenvalue weighted by molar-refractivity contribution is -0.0500. The van der Waals surface area contributed by atoms with Crippen molar-refractivity contribution in [1.82, 2.24) is 9.97 Å². The number of aromatic nitrogens is 2. The molecule has 0 bridgehead atoms. The summed E-state index contributed by atoms with van der Waals surface area (Å²) in [6.45, 7) is 0. The summed E-state index contributed by atoms with van der Waals surface area (Å²) in [5.41, 5.74) is 5.78. The largest absolute Gasteiger partial charge is 0.534 e. The van der Waals surface area contributed by atoms with Gasteiger partial charge in [-0.25, -0.2) is 4.98 Å². The van der Waals surface area contributed by atoms with E-state index in [9.17, 15) is 21.6 Å². The van der Waals surface area contributed by atoms with Gasteiger partial charge in [0.05, 0.1) is 16.9 Å². The van der Waals surface area contributed by atoms with Gasteiger partial charge in [0.2, 0.25) is 0 Å². The van der Waals surface area contributed by atoms with E-state index >= 15 is 0 Å². The molecule has 0 aliphatic rings. The van der Waals surface area contributed by atoms with Crippen LogP contribution in [0.4, 0.5) is 13.2 Å². The second-order valence-corrected chi connectivity index (χ2v) is 15.7. The molecule has 0 N–H and O–H groups in total. The Morgan fingerprint density at radius 1 is 0.417 bits per heavy atom. The molecule has 0 radical (unpaired) electrons. The second kappa shape index (κ2) is 15.8. The maximum atomic E-state index is 13.8. The average molecular weight is 811 g/mol. The normalized spacial score (nSPS) is 11.7. The third-order valence-corrected chi connectivity index (χ3v) is 11.3. The molecule has 0 spiro atoms. The standard InChI is InChI=1S/C51H33F3N2O3S/c52-51(53,54)60(57,58)59-41-30-39(43-19-9-8-18-42(43)35-23-25-38(26-24-35)49-28-27-37-17-7-12-22-48(37)56-49)29-40(31-41)44-20-10-11-21-45(44)47-33-55-50(36-15-5-2-6-16-36)32-46(47)34-13-3-1-4-14-34/h1-33H. The van der Waals surface area contributed by atoms with Crippen molar-refractivity contribution in [1.29, 1.82) is 0 Å². The SMILES string of the molecule is O=S(=O)(Oc1cc(-c2ccccc2-c2ccc(-c3ccc4ccccc4n3)cc2)cc(-c2ccccc2-c2cnc(-c3ccccc3)cc2-c2ccccc2)c1)C(F)(F)F. The molecule has 9 aromatic rings. The van der Waals surface area contributed by atoms with E-state index in [1.54, 1.807) is 6.20 Å². The second-order valence-electron chi connectivity index (χ2n) is 14.1. The lowest BCUT2D eigenvalue weighted by Crippen LogP contribution is -2.28. The Balaban J connectivity index is 1.18. The van der Waals surface area contributed by atoms with E-state index in [0.29, 0.717) is 22.3 Å². The number of rotatable bonds is 9. The highest BCUT2D eigenvalue weighted by Crippen LogP contribution is 2.43. The summed E-state index contributed by atoms with van der Waals surface area (Å²) in [5.74, 6) is -0.483. The lowest BCUT2D eigenvalue weighted by atomic mass is 9.88. The van der Waals surface area contributed by atoms with Crippen LogP contribution in [0.3, 0.4) is 0 Å². The zero-order chi connectivity index (χ0) is 41.3. The van der Waals surface area contributed by atoms with E-state index in [4.69, 9.17) is 14.2 Å². The third-order valence-electron chi connectivity index (χ3n) is 10.3. The molecule has 292 valence electrons. The van der Waals surface area contributed by atoms with Crippen molar-refractivity contribution < 1.29 is 25.8 Å². The number of para-hydroxylation sites is 1. The van der Waals surface area contributed by atoms with E-state index in [1.165, 1.54) is 12.1 Å². The number of nitrogens with zero attached hydrogens (tertiary/aromatic N) is 2. The molecule has 9 heteroatoms. The number of halogens is 3. The highest BCUT2D eigenvalue weighted by atomic mass is 32.2. The van der Waals surface area contributed by atoms with Crippen LogP contribution >= 0.6 is 0 Å². The monoisotopic (exact) mass is 810 g/mol. The quantitative estimate of drug-likeness (QED) is 0.107. The molecule has 0 aliphatic carbocycles. The predicted molar refractivity (Wildman–Crippen MR) is 233 cm³/mol. The molecule has 9 rings (SSSR count). The van der Waals surface area contributed by atoms with Crippen molar-refractivity contribution >= 4 is 21.0 Å². The molecule has 0 saturated heterocycles. The van der Waals surface area contributed by atoms with Gasteiger partial charge in [-0.3, -0.25) is 4.98 Å². The maximum absolute atomic E-state index is 13.8. The first kappa shape index (κ1) is 38.2. The molecule has 2 heterocycles. The summed E-state index contributed by atoms with van der Waals surface area (Å²) in [4.78, 5) is 9.69. The number of fused-ring (bicyclic) bond motifs is 1. The smallest absolute Gasteiger partial charge is 0.376 e. The van der Waals surface area contributed by atoms with E-state index in [2.05, 4.69) is 0 Å². The first-order valence-electron chi connectivity index (χ1n) is 19.0. The fraction of sp³-hybridized carbons (Fsp3) is 0.0196. The van der Waals surface area contributed by atoms with Crippen molar-refractivity contribution in [3.05, 3.63) is 200 Å². The van der Waals surface area contributed by atoms with Gasteiger partial charge in [0.15, 0.2) is 0 Å². The van der Waals surface area contributed by atoms with E-state index in [0.717, 1.165) is 66.8 Å². The third kappa shape index (κ3) is 7.66. The Hall–Kier alpha value is -7.36. The minimum atomic E-state index is -6.01. The van der Waals surface area contributed by atoms with Crippen LogP contribution in [0.5, 0.6) is 5.75 Å². The van der Waals surface area contributed by atoms with Gasteiger partial charge in [-0.15, -0.1) is 0 Å². The van der Waals surface area contributed by atoms with Crippen molar-refractivity contribution in [2.24, 2.45) is 0 Å². The van der Waals surface area contributed by atoms with E-state index in [-0.39, 0.29) is 0 Å². The highest BCUT2D eigenvalue weighted by molar-refractivity contribution is 7.88. The number of benzene rings is 7. The van der Waals surface area contributed by atoms with Crippen molar-refractivity contribution in [3.8, 4) is 83.9 Å². The zero-order valence-electron chi connectivity index (χ0n) is 31.7. The van der Waals surface area contributed by atoms with Gasteiger partial charge in [0.1, 0.15) is 5.75 Å². The van der Waals surface area contributed by atoms with Crippen LogP contribution in [0.25, 0.3) is 89.1 Å². The molecule has 5 nitrogen and oxygen atoms in total. The van der Waals surface area contributed by atoms with E-state index < -0.39 is 21.4 Å². The Morgan fingerprint density at radius 2 is 0.917 bits per heavy atom. The van der Waals surface area contributed by atoms with Crippen LogP contribution in [0, 0.1) is 0 Å².